The molecule has 1 heterocycles. The van der Waals surface area contributed by atoms with Crippen molar-refractivity contribution in [2.75, 3.05) is 11.9 Å². The Bertz CT molecular complexity index is 926. The fourth-order valence-electron chi connectivity index (χ4n) is 3.40. The first-order chi connectivity index (χ1) is 13.5. The topological polar surface area (TPSA) is 87.7 Å². The molecule has 7 heteroatoms. The van der Waals surface area contributed by atoms with Gasteiger partial charge in [0.2, 0.25) is 5.91 Å². The molecule has 2 N–H and O–H groups in total. The summed E-state index contributed by atoms with van der Waals surface area (Å²) in [4.78, 5) is 38.4. The minimum atomic E-state index is -0.897. The second-order valence-corrected chi connectivity index (χ2v) is 7.26. The van der Waals surface area contributed by atoms with Gasteiger partial charge in [-0.15, -0.1) is 0 Å². The first-order valence-corrected chi connectivity index (χ1v) is 9.23. The number of urea groups is 1. The van der Waals surface area contributed by atoms with E-state index in [-0.39, 0.29) is 18.4 Å². The summed E-state index contributed by atoms with van der Waals surface area (Å²) in [7, 11) is 0. The molecule has 2 aromatic carbocycles. The van der Waals surface area contributed by atoms with Crippen LogP contribution in [0, 0.1) is 5.92 Å². The second-order valence-electron chi connectivity index (χ2n) is 7.26. The monoisotopic (exact) mass is 379 g/mol. The van der Waals surface area contributed by atoms with Gasteiger partial charge in [-0.2, -0.15) is 0 Å². The van der Waals surface area contributed by atoms with Gasteiger partial charge < -0.3 is 15.4 Å². The average molecular weight is 379 g/mol. The molecular weight excluding hydrogens is 358 g/mol. The van der Waals surface area contributed by atoms with Crippen LogP contribution in [0.1, 0.15) is 19.8 Å². The van der Waals surface area contributed by atoms with Gasteiger partial charge in [0.15, 0.2) is 5.75 Å². The molecule has 2 aromatic rings. The van der Waals surface area contributed by atoms with Crippen molar-refractivity contribution in [3.63, 3.8) is 0 Å². The minimum Gasteiger partial charge on any atom is -0.455 e. The third-order valence-corrected chi connectivity index (χ3v) is 5.13. The van der Waals surface area contributed by atoms with Crippen LogP contribution in [0.25, 0.3) is 0 Å². The Balaban J connectivity index is 1.44. The van der Waals surface area contributed by atoms with Crippen molar-refractivity contribution >= 4 is 23.5 Å². The Morgan fingerprint density at radius 2 is 1.82 bits per heavy atom. The van der Waals surface area contributed by atoms with E-state index in [1.807, 2.05) is 30.3 Å². The molecular formula is C21H21N3O4. The van der Waals surface area contributed by atoms with Crippen LogP contribution in [0.5, 0.6) is 11.5 Å². The van der Waals surface area contributed by atoms with E-state index < -0.39 is 17.5 Å². The van der Waals surface area contributed by atoms with Crippen LogP contribution in [0.15, 0.2) is 54.6 Å². The Labute approximate surface area is 162 Å². The van der Waals surface area contributed by atoms with E-state index in [0.717, 1.165) is 17.7 Å². The number of anilines is 1. The summed E-state index contributed by atoms with van der Waals surface area (Å²) in [5, 5.41) is 5.47. The Morgan fingerprint density at radius 3 is 2.54 bits per heavy atom. The van der Waals surface area contributed by atoms with Gasteiger partial charge in [0.25, 0.3) is 5.91 Å². The molecule has 4 amide bonds. The molecule has 1 aliphatic carbocycles. The molecule has 144 valence electrons. The summed E-state index contributed by atoms with van der Waals surface area (Å²) < 4.78 is 5.82. The molecule has 1 saturated heterocycles. The molecule has 4 rings (SSSR count). The van der Waals surface area contributed by atoms with E-state index in [1.165, 1.54) is 0 Å². The number of para-hydroxylation sites is 3. The maximum atomic E-state index is 12.7. The highest BCUT2D eigenvalue weighted by molar-refractivity contribution is 6.10. The summed E-state index contributed by atoms with van der Waals surface area (Å²) in [6.45, 7) is 1.39. The van der Waals surface area contributed by atoms with E-state index in [4.69, 9.17) is 4.74 Å². The van der Waals surface area contributed by atoms with Gasteiger partial charge in [0.05, 0.1) is 5.69 Å². The van der Waals surface area contributed by atoms with Gasteiger partial charge in [0.1, 0.15) is 17.8 Å². The average Bonchev–Trinajstić information content (AvgIpc) is 3.50. The first-order valence-electron chi connectivity index (χ1n) is 9.23. The zero-order valence-corrected chi connectivity index (χ0v) is 15.5. The van der Waals surface area contributed by atoms with Crippen molar-refractivity contribution < 1.29 is 19.1 Å². The molecule has 7 nitrogen and oxygen atoms in total. The van der Waals surface area contributed by atoms with Crippen molar-refractivity contribution in [1.29, 1.82) is 0 Å². The van der Waals surface area contributed by atoms with Crippen molar-refractivity contribution in [1.82, 2.24) is 10.2 Å². The van der Waals surface area contributed by atoms with Crippen molar-refractivity contribution in [3.05, 3.63) is 54.6 Å². The largest absolute Gasteiger partial charge is 0.455 e. The number of hydrogen-bond donors (Lipinski definition) is 2. The normalized spacial score (nSPS) is 21.4. The van der Waals surface area contributed by atoms with Gasteiger partial charge in [0, 0.05) is 0 Å². The Hall–Kier alpha value is -3.35. The fraction of sp³-hybridized carbons (Fsp3) is 0.286. The van der Waals surface area contributed by atoms with Crippen LogP contribution >= 0.6 is 0 Å². The third-order valence-electron chi connectivity index (χ3n) is 5.13. The third kappa shape index (κ3) is 3.43. The number of benzene rings is 2. The molecule has 0 radical (unpaired) electrons. The van der Waals surface area contributed by atoms with Crippen molar-refractivity contribution in [2.24, 2.45) is 5.92 Å². The number of ether oxygens (including phenoxy) is 1. The standard InChI is InChI=1S/C21H21N3O4/c1-21(14-11-12-14)19(26)24(20(27)23-21)13-18(25)22-16-9-5-6-10-17(16)28-15-7-3-2-4-8-15/h2-10,14H,11-13H2,1H3,(H,22,25)(H,23,27). The van der Waals surface area contributed by atoms with Crippen LogP contribution in [0.2, 0.25) is 0 Å². The molecule has 1 aliphatic heterocycles. The van der Waals surface area contributed by atoms with Gasteiger partial charge >= 0.3 is 6.03 Å². The number of imide groups is 1. The molecule has 0 spiro atoms. The van der Waals surface area contributed by atoms with Gasteiger partial charge in [-0.05, 0) is 49.9 Å². The number of hydrogen-bond acceptors (Lipinski definition) is 4. The lowest BCUT2D eigenvalue weighted by atomic mass is 9.96. The molecule has 0 aromatic heterocycles. The highest BCUT2D eigenvalue weighted by Crippen LogP contribution is 2.42. The fourth-order valence-corrected chi connectivity index (χ4v) is 3.40. The van der Waals surface area contributed by atoms with Gasteiger partial charge in [-0.3, -0.25) is 14.5 Å². The highest BCUT2D eigenvalue weighted by Gasteiger charge is 2.56. The number of amides is 4. The van der Waals surface area contributed by atoms with Crippen LogP contribution in [-0.4, -0.2) is 34.8 Å². The lowest BCUT2D eigenvalue weighted by Crippen LogP contribution is -2.46. The molecule has 1 saturated carbocycles. The zero-order chi connectivity index (χ0) is 19.7. The first kappa shape index (κ1) is 18.0. The summed E-state index contributed by atoms with van der Waals surface area (Å²) >= 11 is 0. The second kappa shape index (κ2) is 6.99. The number of nitrogens with one attached hydrogen (secondary N) is 2. The van der Waals surface area contributed by atoms with Crippen LogP contribution < -0.4 is 15.4 Å². The highest BCUT2D eigenvalue weighted by atomic mass is 16.5. The number of rotatable bonds is 6. The van der Waals surface area contributed by atoms with Gasteiger partial charge in [-0.25, -0.2) is 4.79 Å². The van der Waals surface area contributed by atoms with E-state index in [0.29, 0.717) is 17.2 Å². The summed E-state index contributed by atoms with van der Waals surface area (Å²) in [5.74, 6) is 0.453. The van der Waals surface area contributed by atoms with Crippen molar-refractivity contribution in [2.45, 2.75) is 25.3 Å². The molecule has 2 aliphatic rings. The number of carbonyl (C=O) groups excluding carboxylic acids is 3. The molecule has 28 heavy (non-hydrogen) atoms. The maximum Gasteiger partial charge on any atom is 0.325 e. The van der Waals surface area contributed by atoms with E-state index >= 15 is 0 Å². The summed E-state index contributed by atoms with van der Waals surface area (Å²) in [6, 6.07) is 15.7. The minimum absolute atomic E-state index is 0.150. The lowest BCUT2D eigenvalue weighted by Gasteiger charge is -2.20. The summed E-state index contributed by atoms with van der Waals surface area (Å²) in [6.07, 6.45) is 1.82. The van der Waals surface area contributed by atoms with E-state index in [2.05, 4.69) is 10.6 Å². The smallest absolute Gasteiger partial charge is 0.325 e. The molecule has 0 bridgehead atoms. The lowest BCUT2D eigenvalue weighted by molar-refractivity contribution is -0.134. The van der Waals surface area contributed by atoms with E-state index in [9.17, 15) is 14.4 Å². The molecule has 2 fully saturated rings. The Morgan fingerprint density at radius 1 is 1.14 bits per heavy atom. The maximum absolute atomic E-state index is 12.7. The van der Waals surface area contributed by atoms with Crippen LogP contribution in [0.3, 0.4) is 0 Å². The Kier molecular flexibility index (Phi) is 4.50. The van der Waals surface area contributed by atoms with Crippen LogP contribution in [-0.2, 0) is 9.59 Å². The molecule has 1 atom stereocenters. The quantitative estimate of drug-likeness (QED) is 0.755. The zero-order valence-electron chi connectivity index (χ0n) is 15.5. The molecule has 1 unspecified atom stereocenters. The SMILES string of the molecule is CC1(C2CC2)NC(=O)N(CC(=O)Nc2ccccc2Oc2ccccc2)C1=O. The van der Waals surface area contributed by atoms with Crippen molar-refractivity contribution in [3.8, 4) is 11.5 Å². The van der Waals surface area contributed by atoms with Gasteiger partial charge in [-0.1, -0.05) is 30.3 Å². The number of nitrogens with zero attached hydrogens (tertiary/aromatic N) is 1. The number of carbonyl (C=O) groups is 3. The summed E-state index contributed by atoms with van der Waals surface area (Å²) in [5.41, 5.74) is -0.431. The van der Waals surface area contributed by atoms with E-state index in [1.54, 1.807) is 31.2 Å². The van der Waals surface area contributed by atoms with Crippen LogP contribution in [0.4, 0.5) is 10.5 Å². The predicted octanol–water partition coefficient (Wildman–Crippen LogP) is 3.14. The predicted molar refractivity (Wildman–Crippen MR) is 103 cm³/mol.